The number of nitrogens with two attached hydrogens (primary N) is 1. The van der Waals surface area contributed by atoms with Crippen LogP contribution in [0.2, 0.25) is 0 Å². The van der Waals surface area contributed by atoms with Crippen molar-refractivity contribution in [3.05, 3.63) is 0 Å². The molecule has 0 aromatic carbocycles. The van der Waals surface area contributed by atoms with Crippen LogP contribution in [0.4, 0.5) is 0 Å². The molecule has 0 radical (unpaired) electrons. The van der Waals surface area contributed by atoms with Gasteiger partial charge in [-0.3, -0.25) is 4.99 Å². The number of methoxy groups -OCH3 is 1. The molecule has 6 nitrogen and oxygen atoms in total. The maximum absolute atomic E-state index is 5.77. The van der Waals surface area contributed by atoms with E-state index in [1.807, 2.05) is 6.92 Å². The Bertz CT molecular complexity index is 274. The van der Waals surface area contributed by atoms with Crippen LogP contribution in [0.15, 0.2) is 4.99 Å². The van der Waals surface area contributed by atoms with Gasteiger partial charge < -0.3 is 25.3 Å². The summed E-state index contributed by atoms with van der Waals surface area (Å²) in [6.45, 7) is 6.63. The molecule has 7 heteroatoms. The van der Waals surface area contributed by atoms with Crippen LogP contribution in [-0.2, 0) is 14.2 Å². The number of guanidine groups is 1. The maximum atomic E-state index is 5.77. The zero-order chi connectivity index (χ0) is 14.6. The summed E-state index contributed by atoms with van der Waals surface area (Å²) in [6.07, 6.45) is 3.13. The van der Waals surface area contributed by atoms with Gasteiger partial charge in [0.05, 0.1) is 6.61 Å². The topological polar surface area (TPSA) is 78.1 Å². The molecule has 1 fully saturated rings. The second-order valence-corrected chi connectivity index (χ2v) is 5.25. The van der Waals surface area contributed by atoms with Gasteiger partial charge in [0.2, 0.25) is 0 Å². The lowest BCUT2D eigenvalue weighted by atomic mass is 10.0. The third-order valence-corrected chi connectivity index (χ3v) is 3.23. The Kier molecular flexibility index (Phi) is 13.5. The maximum Gasteiger partial charge on any atom is 0.188 e. The highest BCUT2D eigenvalue weighted by atomic mass is 127. The fraction of sp³-hybridized carbons (Fsp3) is 0.929. The molecule has 21 heavy (non-hydrogen) atoms. The van der Waals surface area contributed by atoms with E-state index in [9.17, 15) is 0 Å². The van der Waals surface area contributed by atoms with Crippen LogP contribution >= 0.6 is 24.0 Å². The normalized spacial score (nSPS) is 18.1. The molecule has 0 spiro atoms. The molecule has 1 unspecified atom stereocenters. The monoisotopic (exact) mass is 415 g/mol. The van der Waals surface area contributed by atoms with E-state index in [4.69, 9.17) is 19.9 Å². The van der Waals surface area contributed by atoms with Crippen molar-refractivity contribution in [2.45, 2.75) is 32.2 Å². The summed E-state index contributed by atoms with van der Waals surface area (Å²) in [7, 11) is 1.67. The lowest BCUT2D eigenvalue weighted by molar-refractivity contribution is 0.0205. The first kappa shape index (κ1) is 20.9. The molecule has 0 bridgehead atoms. The van der Waals surface area contributed by atoms with E-state index in [0.29, 0.717) is 25.0 Å². The van der Waals surface area contributed by atoms with E-state index in [2.05, 4.69) is 10.3 Å². The lowest BCUT2D eigenvalue weighted by Crippen LogP contribution is -2.40. The molecule has 126 valence electrons. The van der Waals surface area contributed by atoms with Gasteiger partial charge in [-0.25, -0.2) is 0 Å². The minimum Gasteiger partial charge on any atom is -0.383 e. The Morgan fingerprint density at radius 2 is 2.14 bits per heavy atom. The second kappa shape index (κ2) is 13.5. The van der Waals surface area contributed by atoms with E-state index in [0.717, 1.165) is 45.7 Å². The number of halogens is 1. The summed E-state index contributed by atoms with van der Waals surface area (Å²) in [5, 5.41) is 3.07. The molecular weight excluding hydrogens is 385 g/mol. The van der Waals surface area contributed by atoms with Crippen molar-refractivity contribution in [3.8, 4) is 0 Å². The van der Waals surface area contributed by atoms with Gasteiger partial charge in [0.15, 0.2) is 5.96 Å². The van der Waals surface area contributed by atoms with Gasteiger partial charge in [-0.2, -0.15) is 0 Å². The zero-order valence-electron chi connectivity index (χ0n) is 13.2. The van der Waals surface area contributed by atoms with Gasteiger partial charge in [0.25, 0.3) is 0 Å². The molecule has 1 saturated heterocycles. The largest absolute Gasteiger partial charge is 0.383 e. The number of rotatable bonds is 9. The number of hydrogen-bond donors (Lipinski definition) is 2. The number of nitrogens with zero attached hydrogens (tertiary/aromatic N) is 1. The Morgan fingerprint density at radius 3 is 2.81 bits per heavy atom. The highest BCUT2D eigenvalue weighted by Gasteiger charge is 2.13. The number of hydrogen-bond acceptors (Lipinski definition) is 4. The van der Waals surface area contributed by atoms with E-state index in [1.54, 1.807) is 7.11 Å². The van der Waals surface area contributed by atoms with Crippen molar-refractivity contribution in [1.29, 1.82) is 0 Å². The lowest BCUT2D eigenvalue weighted by Gasteiger charge is -2.21. The van der Waals surface area contributed by atoms with Gasteiger partial charge in [-0.05, 0) is 32.1 Å². The van der Waals surface area contributed by atoms with Crippen molar-refractivity contribution in [1.82, 2.24) is 5.32 Å². The zero-order valence-corrected chi connectivity index (χ0v) is 15.5. The molecule has 0 aromatic rings. The predicted molar refractivity (Wildman–Crippen MR) is 95.4 cm³/mol. The van der Waals surface area contributed by atoms with Crippen LogP contribution < -0.4 is 11.1 Å². The minimum absolute atomic E-state index is 0. The molecule has 1 atom stereocenters. The van der Waals surface area contributed by atoms with Crippen LogP contribution in [0.25, 0.3) is 0 Å². The van der Waals surface area contributed by atoms with E-state index in [1.165, 1.54) is 0 Å². The van der Waals surface area contributed by atoms with Crippen LogP contribution in [0.5, 0.6) is 0 Å². The third-order valence-electron chi connectivity index (χ3n) is 3.23. The summed E-state index contributed by atoms with van der Waals surface area (Å²) in [5.74, 6) is 1.13. The molecule has 0 aromatic heterocycles. The van der Waals surface area contributed by atoms with Gasteiger partial charge in [0.1, 0.15) is 0 Å². The Morgan fingerprint density at radius 1 is 1.43 bits per heavy atom. The second-order valence-electron chi connectivity index (χ2n) is 5.25. The first-order valence-corrected chi connectivity index (χ1v) is 7.43. The van der Waals surface area contributed by atoms with Gasteiger partial charge in [-0.15, -0.1) is 24.0 Å². The van der Waals surface area contributed by atoms with Gasteiger partial charge in [-0.1, -0.05) is 0 Å². The van der Waals surface area contributed by atoms with Crippen molar-refractivity contribution in [2.24, 2.45) is 16.6 Å². The minimum atomic E-state index is 0. The average molecular weight is 415 g/mol. The smallest absolute Gasteiger partial charge is 0.188 e. The van der Waals surface area contributed by atoms with Gasteiger partial charge in [0, 0.05) is 46.1 Å². The summed E-state index contributed by atoms with van der Waals surface area (Å²) in [6, 6.07) is 0.175. The van der Waals surface area contributed by atoms with E-state index < -0.39 is 0 Å². The summed E-state index contributed by atoms with van der Waals surface area (Å²) in [5.41, 5.74) is 5.77. The number of nitrogens with one attached hydrogen (secondary N) is 1. The van der Waals surface area contributed by atoms with Crippen LogP contribution in [0.1, 0.15) is 26.2 Å². The van der Waals surface area contributed by atoms with E-state index in [-0.39, 0.29) is 30.0 Å². The predicted octanol–water partition coefficient (Wildman–Crippen LogP) is 1.38. The van der Waals surface area contributed by atoms with Crippen molar-refractivity contribution < 1.29 is 14.2 Å². The molecule has 1 rings (SSSR count). The molecule has 0 saturated carbocycles. The fourth-order valence-electron chi connectivity index (χ4n) is 2.12. The Labute approximate surface area is 145 Å². The van der Waals surface area contributed by atoms with Crippen molar-refractivity contribution in [2.75, 3.05) is 46.7 Å². The number of ether oxygens (including phenoxy) is 3. The van der Waals surface area contributed by atoms with Gasteiger partial charge >= 0.3 is 0 Å². The molecular formula is C14H30IN3O3. The van der Waals surface area contributed by atoms with Crippen molar-refractivity contribution >= 4 is 29.9 Å². The van der Waals surface area contributed by atoms with Crippen molar-refractivity contribution in [3.63, 3.8) is 0 Å². The van der Waals surface area contributed by atoms with Crippen LogP contribution in [0, 0.1) is 5.92 Å². The molecule has 0 aliphatic carbocycles. The SMILES string of the molecule is COCC(C)NC(N)=NCCCOCC1CCOCC1.I. The molecule has 1 aliphatic rings. The average Bonchev–Trinajstić information content (AvgIpc) is 2.44. The van der Waals surface area contributed by atoms with Crippen LogP contribution in [-0.4, -0.2) is 58.7 Å². The number of aliphatic imine (C=N–C) groups is 1. The first-order valence-electron chi connectivity index (χ1n) is 7.43. The van der Waals surface area contributed by atoms with E-state index >= 15 is 0 Å². The fourth-order valence-corrected chi connectivity index (χ4v) is 2.12. The highest BCUT2D eigenvalue weighted by molar-refractivity contribution is 14.0. The molecule has 0 amide bonds. The third kappa shape index (κ3) is 11.1. The standard InChI is InChI=1S/C14H29N3O3.HI/c1-12(10-18-2)17-14(15)16-6-3-7-20-11-13-4-8-19-9-5-13;/h12-13H,3-11H2,1-2H3,(H3,15,16,17);1H. The quantitative estimate of drug-likeness (QED) is 0.258. The molecule has 1 aliphatic heterocycles. The summed E-state index contributed by atoms with van der Waals surface area (Å²) in [4.78, 5) is 4.26. The summed E-state index contributed by atoms with van der Waals surface area (Å²) < 4.78 is 16.0. The van der Waals surface area contributed by atoms with Crippen LogP contribution in [0.3, 0.4) is 0 Å². The Balaban J connectivity index is 0.00000400. The summed E-state index contributed by atoms with van der Waals surface area (Å²) >= 11 is 0. The first-order chi connectivity index (χ1) is 9.72. The Hall–Kier alpha value is -0.120. The molecule has 1 heterocycles. The highest BCUT2D eigenvalue weighted by Crippen LogP contribution is 2.14. The molecule has 3 N–H and O–H groups in total.